The maximum Gasteiger partial charge on any atom is 0.422 e. The molecule has 0 spiro atoms. The van der Waals surface area contributed by atoms with E-state index in [1.165, 1.54) is 26.0 Å². The summed E-state index contributed by atoms with van der Waals surface area (Å²) in [5, 5.41) is 2.41. The molecule has 6 nitrogen and oxygen atoms in total. The number of benzene rings is 1. The first-order valence-corrected chi connectivity index (χ1v) is 8.78. The number of anilines is 1. The summed E-state index contributed by atoms with van der Waals surface area (Å²) in [7, 11) is -4.63. The number of rotatable bonds is 6. The highest BCUT2D eigenvalue weighted by molar-refractivity contribution is 7.54. The van der Waals surface area contributed by atoms with E-state index in [9.17, 15) is 22.5 Å². The molecule has 0 aliphatic carbocycles. The first-order valence-electron chi connectivity index (χ1n) is 7.17. The Kier molecular flexibility index (Phi) is 5.47. The lowest BCUT2D eigenvalue weighted by atomic mass is 10.1. The van der Waals surface area contributed by atoms with Crippen molar-refractivity contribution in [2.24, 2.45) is 4.99 Å². The van der Waals surface area contributed by atoms with E-state index < -0.39 is 31.2 Å². The fourth-order valence-corrected chi connectivity index (χ4v) is 3.91. The van der Waals surface area contributed by atoms with Crippen molar-refractivity contribution in [1.82, 2.24) is 0 Å². The van der Waals surface area contributed by atoms with E-state index in [0.29, 0.717) is 5.69 Å². The molecule has 1 aliphatic rings. The molecule has 10 heteroatoms. The van der Waals surface area contributed by atoms with Crippen LogP contribution in [0.15, 0.2) is 29.3 Å². The van der Waals surface area contributed by atoms with Crippen molar-refractivity contribution >= 4 is 24.9 Å². The average Bonchev–Trinajstić information content (AvgIpc) is 2.79. The monoisotopic (exact) mass is 364 g/mol. The summed E-state index contributed by atoms with van der Waals surface area (Å²) >= 11 is 0. The van der Waals surface area contributed by atoms with E-state index in [2.05, 4.69) is 10.3 Å². The van der Waals surface area contributed by atoms with E-state index in [1.807, 2.05) is 0 Å². The second-order valence-electron chi connectivity index (χ2n) is 4.77. The Hall–Kier alpha value is -1.70. The number of hydrogen-bond acceptors (Lipinski definition) is 5. The molecule has 0 fully saturated rings. The Morgan fingerprint density at radius 3 is 2.33 bits per heavy atom. The number of halogens is 3. The van der Waals surface area contributed by atoms with E-state index in [0.717, 1.165) is 0 Å². The fraction of sp³-hybridized carbons (Fsp3) is 0.429. The van der Waals surface area contributed by atoms with Crippen molar-refractivity contribution in [3.8, 4) is 0 Å². The number of alkyl halides is 3. The van der Waals surface area contributed by atoms with Gasteiger partial charge in [-0.3, -0.25) is 14.4 Å². The highest BCUT2D eigenvalue weighted by Gasteiger charge is 2.55. The molecule has 0 bridgehead atoms. The number of nitrogens with one attached hydrogen (secondary N) is 1. The second-order valence-corrected chi connectivity index (χ2v) is 6.85. The van der Waals surface area contributed by atoms with Gasteiger partial charge in [0.15, 0.2) is 0 Å². The number of carbonyl (C=O) groups excluding carboxylic acids is 1. The van der Waals surface area contributed by atoms with Crippen molar-refractivity contribution in [2.45, 2.75) is 25.8 Å². The van der Waals surface area contributed by atoms with Crippen LogP contribution in [0.5, 0.6) is 0 Å². The fourth-order valence-electron chi connectivity index (χ4n) is 2.21. The first-order chi connectivity index (χ1) is 11.2. The standard InChI is InChI=1S/C14H16F3N2O4P/c1-3-22-24(21,23-4-2)13(14(15,16)17)19-11-9-7-5-6-8-10(9)18-12(11)20/h5-8,13H,3-4H2,1-2H3,(H,18,19,20)/t13-/m1/s1. The van der Waals surface area contributed by atoms with Gasteiger partial charge in [0, 0.05) is 5.56 Å². The lowest BCUT2D eigenvalue weighted by Crippen LogP contribution is -2.31. The minimum Gasteiger partial charge on any atom is -0.320 e. The van der Waals surface area contributed by atoms with Gasteiger partial charge in [-0.1, -0.05) is 18.2 Å². The van der Waals surface area contributed by atoms with Gasteiger partial charge in [-0.2, -0.15) is 13.2 Å². The third kappa shape index (κ3) is 3.68. The van der Waals surface area contributed by atoms with Crippen molar-refractivity contribution < 1.29 is 31.6 Å². The van der Waals surface area contributed by atoms with Crippen molar-refractivity contribution in [1.29, 1.82) is 0 Å². The molecule has 1 amide bonds. The maximum atomic E-state index is 13.4. The van der Waals surface area contributed by atoms with Crippen molar-refractivity contribution in [3.05, 3.63) is 29.8 Å². The molecule has 0 aromatic heterocycles. The minimum absolute atomic E-state index is 0.205. The van der Waals surface area contributed by atoms with E-state index >= 15 is 0 Å². The Morgan fingerprint density at radius 1 is 1.21 bits per heavy atom. The largest absolute Gasteiger partial charge is 0.422 e. The van der Waals surface area contributed by atoms with Crippen LogP contribution in [0.2, 0.25) is 0 Å². The molecular weight excluding hydrogens is 348 g/mol. The van der Waals surface area contributed by atoms with Crippen LogP contribution in [0, 0.1) is 0 Å². The molecule has 0 saturated carbocycles. The molecule has 0 unspecified atom stereocenters. The van der Waals surface area contributed by atoms with Crippen LogP contribution in [0.4, 0.5) is 18.9 Å². The molecule has 1 aliphatic heterocycles. The molecule has 1 atom stereocenters. The molecular formula is C14H16F3N2O4P. The second kappa shape index (κ2) is 7.04. The van der Waals surface area contributed by atoms with Gasteiger partial charge in [0.25, 0.3) is 5.91 Å². The number of carbonyl (C=O) groups is 1. The van der Waals surface area contributed by atoms with Crippen LogP contribution in [-0.2, 0) is 18.4 Å². The van der Waals surface area contributed by atoms with Gasteiger partial charge in [0.1, 0.15) is 5.71 Å². The molecule has 0 radical (unpaired) electrons. The number of para-hydroxylation sites is 1. The van der Waals surface area contributed by atoms with E-state index in [-0.39, 0.29) is 18.8 Å². The highest BCUT2D eigenvalue weighted by Crippen LogP contribution is 2.58. The molecule has 2 rings (SSSR count). The molecule has 1 aromatic rings. The van der Waals surface area contributed by atoms with Crippen LogP contribution < -0.4 is 5.32 Å². The third-order valence-corrected chi connectivity index (χ3v) is 5.35. The quantitative estimate of drug-likeness (QED) is 0.783. The van der Waals surface area contributed by atoms with Gasteiger partial charge >= 0.3 is 13.8 Å². The molecule has 0 saturated heterocycles. The third-order valence-electron chi connectivity index (χ3n) is 3.11. The number of aliphatic imine (C=N–C) groups is 1. The van der Waals surface area contributed by atoms with Crippen LogP contribution in [0.1, 0.15) is 19.4 Å². The van der Waals surface area contributed by atoms with Gasteiger partial charge in [-0.15, -0.1) is 0 Å². The highest BCUT2D eigenvalue weighted by atomic mass is 31.2. The average molecular weight is 364 g/mol. The first kappa shape index (κ1) is 18.6. The minimum atomic E-state index is -5.01. The summed E-state index contributed by atoms with van der Waals surface area (Å²) in [5.41, 5.74) is 0.0914. The normalized spacial score (nSPS) is 17.7. The van der Waals surface area contributed by atoms with Crippen molar-refractivity contribution in [3.63, 3.8) is 0 Å². The van der Waals surface area contributed by atoms with Gasteiger partial charge in [-0.25, -0.2) is 0 Å². The van der Waals surface area contributed by atoms with Gasteiger partial charge in [-0.05, 0) is 19.9 Å². The van der Waals surface area contributed by atoms with Crippen LogP contribution in [0.3, 0.4) is 0 Å². The van der Waals surface area contributed by atoms with Gasteiger partial charge in [0.2, 0.25) is 5.78 Å². The molecule has 1 N–H and O–H groups in total. The predicted molar refractivity (Wildman–Crippen MR) is 82.3 cm³/mol. The summed E-state index contributed by atoms with van der Waals surface area (Å²) in [6, 6.07) is 6.16. The number of fused-ring (bicyclic) bond motifs is 1. The Labute approximate surface area is 136 Å². The zero-order valence-corrected chi connectivity index (χ0v) is 13.9. The molecule has 1 heterocycles. The number of nitrogens with zero attached hydrogens (tertiary/aromatic N) is 1. The van der Waals surface area contributed by atoms with E-state index in [4.69, 9.17) is 9.05 Å². The van der Waals surface area contributed by atoms with Crippen LogP contribution in [-0.4, -0.2) is 36.8 Å². The predicted octanol–water partition coefficient (Wildman–Crippen LogP) is 3.58. The summed E-state index contributed by atoms with van der Waals surface area (Å²) in [4.78, 5) is 15.4. The molecule has 1 aromatic carbocycles. The lowest BCUT2D eigenvalue weighted by molar-refractivity contribution is -0.133. The zero-order chi connectivity index (χ0) is 18.0. The zero-order valence-electron chi connectivity index (χ0n) is 13.0. The summed E-state index contributed by atoms with van der Waals surface area (Å²) in [5.74, 6) is -3.58. The Morgan fingerprint density at radius 2 is 1.79 bits per heavy atom. The smallest absolute Gasteiger partial charge is 0.320 e. The summed E-state index contributed by atoms with van der Waals surface area (Å²) in [6.45, 7) is 2.28. The molecule has 132 valence electrons. The Balaban J connectivity index is 2.54. The number of amides is 1. The molecule has 24 heavy (non-hydrogen) atoms. The van der Waals surface area contributed by atoms with Crippen LogP contribution in [0.25, 0.3) is 0 Å². The van der Waals surface area contributed by atoms with Gasteiger partial charge in [0.05, 0.1) is 18.9 Å². The van der Waals surface area contributed by atoms with E-state index in [1.54, 1.807) is 12.1 Å². The van der Waals surface area contributed by atoms with Crippen molar-refractivity contribution in [2.75, 3.05) is 18.5 Å². The SMILES string of the molecule is CCOP(=O)(OCC)[C@@H](/N=C1\C(=O)Nc2ccccc21)C(F)(F)F. The summed E-state index contributed by atoms with van der Waals surface area (Å²) < 4.78 is 62.4. The topological polar surface area (TPSA) is 77.0 Å². The van der Waals surface area contributed by atoms with Gasteiger partial charge < -0.3 is 14.4 Å². The summed E-state index contributed by atoms with van der Waals surface area (Å²) in [6.07, 6.45) is -5.01. The van der Waals surface area contributed by atoms with Crippen LogP contribution >= 0.6 is 7.60 Å². The Bertz CT molecular complexity index is 696. The maximum absolute atomic E-state index is 13.4. The number of hydrogen-bond donors (Lipinski definition) is 1. The lowest BCUT2D eigenvalue weighted by Gasteiger charge is -2.25.